The zero-order valence-electron chi connectivity index (χ0n) is 13.5. The van der Waals surface area contributed by atoms with E-state index in [9.17, 15) is 0 Å². The minimum atomic E-state index is 0.606. The Hall–Kier alpha value is -2.73. The van der Waals surface area contributed by atoms with Crippen molar-refractivity contribution in [1.82, 2.24) is 15.0 Å². The molecule has 1 aliphatic heterocycles. The normalized spacial score (nSPS) is 14.8. The molecule has 0 N–H and O–H groups in total. The molecule has 0 radical (unpaired) electrons. The van der Waals surface area contributed by atoms with Gasteiger partial charge in [0.2, 0.25) is 5.88 Å². The van der Waals surface area contributed by atoms with Gasteiger partial charge in [0.25, 0.3) is 0 Å². The van der Waals surface area contributed by atoms with Gasteiger partial charge >= 0.3 is 0 Å². The molecule has 122 valence electrons. The smallest absolute Gasteiger partial charge is 0.221 e. The van der Waals surface area contributed by atoms with Gasteiger partial charge < -0.3 is 14.4 Å². The molecule has 0 aliphatic carbocycles. The number of nitrogens with zero attached hydrogens (tertiary/aromatic N) is 4. The summed E-state index contributed by atoms with van der Waals surface area (Å²) < 4.78 is 10.8. The summed E-state index contributed by atoms with van der Waals surface area (Å²) in [4.78, 5) is 15.8. The number of morpholine rings is 1. The molecule has 0 atom stereocenters. The zero-order valence-corrected chi connectivity index (χ0v) is 13.5. The maximum absolute atomic E-state index is 5.40. The van der Waals surface area contributed by atoms with Crippen LogP contribution in [0.5, 0.6) is 5.88 Å². The van der Waals surface area contributed by atoms with Gasteiger partial charge in [0.05, 0.1) is 37.6 Å². The minimum absolute atomic E-state index is 0.606. The highest BCUT2D eigenvalue weighted by Crippen LogP contribution is 2.29. The molecule has 0 saturated carbocycles. The van der Waals surface area contributed by atoms with Crippen LogP contribution in [-0.2, 0) is 4.74 Å². The first kappa shape index (κ1) is 14.8. The molecule has 1 aromatic carbocycles. The third kappa shape index (κ3) is 2.76. The van der Waals surface area contributed by atoms with Crippen LogP contribution in [0.1, 0.15) is 0 Å². The summed E-state index contributed by atoms with van der Waals surface area (Å²) >= 11 is 0. The first-order valence-corrected chi connectivity index (χ1v) is 7.94. The highest BCUT2D eigenvalue weighted by atomic mass is 16.5. The predicted molar refractivity (Wildman–Crippen MR) is 92.4 cm³/mol. The van der Waals surface area contributed by atoms with Gasteiger partial charge in [0.15, 0.2) is 0 Å². The summed E-state index contributed by atoms with van der Waals surface area (Å²) in [6.45, 7) is 3.14. The van der Waals surface area contributed by atoms with Gasteiger partial charge in [-0.2, -0.15) is 0 Å². The van der Waals surface area contributed by atoms with E-state index in [1.54, 1.807) is 13.3 Å². The van der Waals surface area contributed by atoms with Crippen LogP contribution in [-0.4, -0.2) is 48.4 Å². The van der Waals surface area contributed by atoms with Gasteiger partial charge in [0, 0.05) is 24.8 Å². The van der Waals surface area contributed by atoms with E-state index >= 15 is 0 Å². The molecule has 6 heteroatoms. The highest BCUT2D eigenvalue weighted by molar-refractivity contribution is 5.83. The number of methoxy groups -OCH3 is 1. The lowest BCUT2D eigenvalue weighted by Crippen LogP contribution is -2.36. The van der Waals surface area contributed by atoms with E-state index in [0.29, 0.717) is 5.88 Å². The molecule has 0 bridgehead atoms. The van der Waals surface area contributed by atoms with Crippen molar-refractivity contribution in [2.24, 2.45) is 0 Å². The summed E-state index contributed by atoms with van der Waals surface area (Å²) in [5, 5.41) is 0. The van der Waals surface area contributed by atoms with E-state index in [4.69, 9.17) is 14.5 Å². The fourth-order valence-corrected chi connectivity index (χ4v) is 2.89. The van der Waals surface area contributed by atoms with Crippen molar-refractivity contribution in [3.8, 4) is 17.0 Å². The van der Waals surface area contributed by atoms with Crippen LogP contribution in [0.3, 0.4) is 0 Å². The number of hydrogen-bond acceptors (Lipinski definition) is 6. The number of ether oxygens (including phenoxy) is 2. The van der Waals surface area contributed by atoms with Crippen molar-refractivity contribution in [1.29, 1.82) is 0 Å². The molecule has 3 aromatic rings. The molecule has 2 aromatic heterocycles. The molecule has 24 heavy (non-hydrogen) atoms. The number of pyridine rings is 1. The molecule has 1 saturated heterocycles. The molecule has 6 nitrogen and oxygen atoms in total. The largest absolute Gasteiger partial charge is 0.481 e. The topological polar surface area (TPSA) is 60.4 Å². The Labute approximate surface area is 140 Å². The van der Waals surface area contributed by atoms with E-state index in [1.165, 1.54) is 0 Å². The van der Waals surface area contributed by atoms with Gasteiger partial charge in [-0.3, -0.25) is 4.98 Å². The average molecular weight is 322 g/mol. The molecule has 1 aliphatic rings. The second-order valence-corrected chi connectivity index (χ2v) is 5.59. The second-order valence-electron chi connectivity index (χ2n) is 5.59. The number of hydrogen-bond donors (Lipinski definition) is 0. The van der Waals surface area contributed by atoms with E-state index in [1.807, 2.05) is 36.5 Å². The van der Waals surface area contributed by atoms with Crippen molar-refractivity contribution >= 4 is 16.9 Å². The van der Waals surface area contributed by atoms with Crippen LogP contribution in [0.25, 0.3) is 22.2 Å². The van der Waals surface area contributed by atoms with Gasteiger partial charge in [-0.15, -0.1) is 0 Å². The van der Waals surface area contributed by atoms with Crippen molar-refractivity contribution in [3.63, 3.8) is 0 Å². The summed E-state index contributed by atoms with van der Waals surface area (Å²) in [7, 11) is 1.63. The summed E-state index contributed by atoms with van der Waals surface area (Å²) in [5.41, 5.74) is 3.70. The minimum Gasteiger partial charge on any atom is -0.481 e. The van der Waals surface area contributed by atoms with Crippen LogP contribution in [0.15, 0.2) is 42.7 Å². The lowest BCUT2D eigenvalue weighted by Gasteiger charge is -2.27. The molecule has 4 rings (SSSR count). The molecule has 1 fully saturated rings. The Morgan fingerprint density at radius 1 is 1.08 bits per heavy atom. The Balaban J connectivity index is 1.76. The van der Waals surface area contributed by atoms with Crippen LogP contribution >= 0.6 is 0 Å². The monoisotopic (exact) mass is 322 g/mol. The number of anilines is 1. The quantitative estimate of drug-likeness (QED) is 0.738. The Morgan fingerprint density at radius 3 is 2.79 bits per heavy atom. The number of rotatable bonds is 3. The van der Waals surface area contributed by atoms with Crippen LogP contribution in [0.4, 0.5) is 5.82 Å². The Bertz CT molecular complexity index is 863. The maximum atomic E-state index is 5.40. The molecule has 3 heterocycles. The lowest BCUT2D eigenvalue weighted by atomic mass is 10.1. The average Bonchev–Trinajstić information content (AvgIpc) is 2.67. The van der Waals surface area contributed by atoms with E-state index in [-0.39, 0.29) is 0 Å². The van der Waals surface area contributed by atoms with E-state index in [0.717, 1.165) is 54.3 Å². The third-order valence-electron chi connectivity index (χ3n) is 4.14. The molecule has 0 amide bonds. The molecule has 0 unspecified atom stereocenters. The van der Waals surface area contributed by atoms with E-state index < -0.39 is 0 Å². The summed E-state index contributed by atoms with van der Waals surface area (Å²) in [6.07, 6.45) is 3.55. The lowest BCUT2D eigenvalue weighted by molar-refractivity contribution is 0.122. The van der Waals surface area contributed by atoms with Crippen molar-refractivity contribution < 1.29 is 9.47 Å². The van der Waals surface area contributed by atoms with Gasteiger partial charge in [-0.05, 0) is 29.8 Å². The number of aromatic nitrogens is 3. The van der Waals surface area contributed by atoms with Crippen molar-refractivity contribution in [2.75, 3.05) is 38.3 Å². The fraction of sp³-hybridized carbons (Fsp3) is 0.278. The standard InChI is InChI=1S/C18H18N4O2/c1-23-18-14(3-2-6-19-18)13-4-5-15-16(11-13)21-17(12-20-15)22-7-9-24-10-8-22/h2-6,11-12H,7-10H2,1H3. The molecular formula is C18H18N4O2. The summed E-state index contributed by atoms with van der Waals surface area (Å²) in [5.74, 6) is 1.50. The van der Waals surface area contributed by atoms with Crippen LogP contribution < -0.4 is 9.64 Å². The third-order valence-corrected chi connectivity index (χ3v) is 4.14. The first-order chi connectivity index (χ1) is 11.8. The van der Waals surface area contributed by atoms with Gasteiger partial charge in [-0.25, -0.2) is 9.97 Å². The second kappa shape index (κ2) is 6.41. The SMILES string of the molecule is COc1ncccc1-c1ccc2ncc(N3CCOCC3)nc2c1. The Morgan fingerprint density at radius 2 is 1.96 bits per heavy atom. The van der Waals surface area contributed by atoms with Gasteiger partial charge in [-0.1, -0.05) is 6.07 Å². The fourth-order valence-electron chi connectivity index (χ4n) is 2.89. The first-order valence-electron chi connectivity index (χ1n) is 7.94. The highest BCUT2D eigenvalue weighted by Gasteiger charge is 2.14. The van der Waals surface area contributed by atoms with Crippen molar-refractivity contribution in [3.05, 3.63) is 42.7 Å². The van der Waals surface area contributed by atoms with E-state index in [2.05, 4.69) is 14.9 Å². The summed E-state index contributed by atoms with van der Waals surface area (Å²) in [6, 6.07) is 9.92. The van der Waals surface area contributed by atoms with Gasteiger partial charge in [0.1, 0.15) is 5.82 Å². The van der Waals surface area contributed by atoms with Crippen LogP contribution in [0, 0.1) is 0 Å². The number of fused-ring (bicyclic) bond motifs is 1. The zero-order chi connectivity index (χ0) is 16.4. The maximum Gasteiger partial charge on any atom is 0.221 e. The Kier molecular flexibility index (Phi) is 3.96. The number of benzene rings is 1. The molecular weight excluding hydrogens is 304 g/mol. The predicted octanol–water partition coefficient (Wildman–Crippen LogP) is 2.54. The van der Waals surface area contributed by atoms with Crippen molar-refractivity contribution in [2.45, 2.75) is 0 Å². The molecule has 0 spiro atoms. The van der Waals surface area contributed by atoms with Crippen LogP contribution in [0.2, 0.25) is 0 Å².